The molecule has 0 bridgehead atoms. The van der Waals surface area contributed by atoms with Crippen LogP contribution in [0.1, 0.15) is 31.2 Å². The molecule has 1 amide bonds. The standard InChI is InChI=1S/C18H23N5O/c1-2-15(24)23-7-3-4-14(10-23)22-18-16-13(8-12-5-6-12)9-19-17(16)20-11-21-18/h2,9,11-12,14H,1,3-8,10H2,(H2,19,20,21,22)/t14-/m1/s1. The Morgan fingerprint density at radius 2 is 2.29 bits per heavy atom. The molecule has 0 spiro atoms. The van der Waals surface area contributed by atoms with Crippen molar-refractivity contribution < 1.29 is 4.79 Å². The number of likely N-dealkylation sites (tertiary alicyclic amines) is 1. The van der Waals surface area contributed by atoms with Gasteiger partial charge in [0.2, 0.25) is 5.91 Å². The van der Waals surface area contributed by atoms with Crippen molar-refractivity contribution in [1.29, 1.82) is 0 Å². The quantitative estimate of drug-likeness (QED) is 0.828. The fourth-order valence-electron chi connectivity index (χ4n) is 3.55. The molecule has 2 fully saturated rings. The molecule has 1 aliphatic heterocycles. The van der Waals surface area contributed by atoms with Crippen molar-refractivity contribution in [3.63, 3.8) is 0 Å². The van der Waals surface area contributed by atoms with E-state index in [9.17, 15) is 4.79 Å². The molecule has 6 nitrogen and oxygen atoms in total. The van der Waals surface area contributed by atoms with Crippen LogP contribution in [0.4, 0.5) is 5.82 Å². The minimum atomic E-state index is 0.00500. The van der Waals surface area contributed by atoms with Gasteiger partial charge in [0.05, 0.1) is 5.39 Å². The van der Waals surface area contributed by atoms with E-state index in [4.69, 9.17) is 0 Å². The van der Waals surface area contributed by atoms with Gasteiger partial charge in [-0.1, -0.05) is 6.58 Å². The summed E-state index contributed by atoms with van der Waals surface area (Å²) in [4.78, 5) is 25.8. The fourth-order valence-corrected chi connectivity index (χ4v) is 3.55. The molecule has 24 heavy (non-hydrogen) atoms. The van der Waals surface area contributed by atoms with Crippen molar-refractivity contribution in [1.82, 2.24) is 19.9 Å². The summed E-state index contributed by atoms with van der Waals surface area (Å²) in [6.45, 7) is 5.09. The molecule has 2 N–H and O–H groups in total. The highest BCUT2D eigenvalue weighted by atomic mass is 16.2. The monoisotopic (exact) mass is 325 g/mol. The number of aromatic amines is 1. The van der Waals surface area contributed by atoms with Crippen molar-refractivity contribution >= 4 is 22.8 Å². The van der Waals surface area contributed by atoms with Gasteiger partial charge in [-0.3, -0.25) is 4.79 Å². The number of fused-ring (bicyclic) bond motifs is 1. The van der Waals surface area contributed by atoms with E-state index in [2.05, 4.69) is 33.0 Å². The summed E-state index contributed by atoms with van der Waals surface area (Å²) < 4.78 is 0. The number of hydrogen-bond donors (Lipinski definition) is 2. The first-order valence-electron chi connectivity index (χ1n) is 8.73. The summed E-state index contributed by atoms with van der Waals surface area (Å²) in [7, 11) is 0. The molecule has 0 unspecified atom stereocenters. The van der Waals surface area contributed by atoms with Crippen molar-refractivity contribution in [2.45, 2.75) is 38.1 Å². The van der Waals surface area contributed by atoms with Crippen LogP contribution >= 0.6 is 0 Å². The average molecular weight is 325 g/mol. The molecule has 0 aromatic carbocycles. The van der Waals surface area contributed by atoms with Gasteiger partial charge < -0.3 is 15.2 Å². The Labute approximate surface area is 141 Å². The van der Waals surface area contributed by atoms with E-state index >= 15 is 0 Å². The Morgan fingerprint density at radius 3 is 3.08 bits per heavy atom. The predicted octanol–water partition coefficient (Wildman–Crippen LogP) is 2.50. The number of nitrogens with zero attached hydrogens (tertiary/aromatic N) is 3. The third-order valence-electron chi connectivity index (χ3n) is 5.01. The topological polar surface area (TPSA) is 73.9 Å². The van der Waals surface area contributed by atoms with E-state index < -0.39 is 0 Å². The number of nitrogens with one attached hydrogen (secondary N) is 2. The lowest BCUT2D eigenvalue weighted by atomic mass is 10.0. The van der Waals surface area contributed by atoms with E-state index in [1.54, 1.807) is 6.33 Å². The van der Waals surface area contributed by atoms with Gasteiger partial charge in [-0.2, -0.15) is 0 Å². The van der Waals surface area contributed by atoms with Crippen molar-refractivity contribution in [2.24, 2.45) is 5.92 Å². The maximum absolute atomic E-state index is 11.9. The lowest BCUT2D eigenvalue weighted by Crippen LogP contribution is -2.44. The zero-order valence-electron chi connectivity index (χ0n) is 13.8. The summed E-state index contributed by atoms with van der Waals surface area (Å²) in [5.74, 6) is 1.70. The molecule has 1 saturated carbocycles. The number of carbonyl (C=O) groups excluding carboxylic acids is 1. The van der Waals surface area contributed by atoms with Gasteiger partial charge in [0.25, 0.3) is 0 Å². The van der Waals surface area contributed by atoms with Gasteiger partial charge in [-0.05, 0) is 49.7 Å². The van der Waals surface area contributed by atoms with Crippen molar-refractivity contribution in [3.05, 3.63) is 30.7 Å². The number of anilines is 1. The molecule has 126 valence electrons. The zero-order chi connectivity index (χ0) is 16.5. The van der Waals surface area contributed by atoms with Crippen LogP contribution in [0.3, 0.4) is 0 Å². The van der Waals surface area contributed by atoms with E-state index in [-0.39, 0.29) is 11.9 Å². The maximum Gasteiger partial charge on any atom is 0.246 e. The molecule has 2 aromatic rings. The number of piperidine rings is 1. The second-order valence-corrected chi connectivity index (χ2v) is 6.88. The third kappa shape index (κ3) is 3.00. The molecule has 1 saturated heterocycles. The largest absolute Gasteiger partial charge is 0.365 e. The van der Waals surface area contributed by atoms with Crippen LogP contribution in [0.2, 0.25) is 0 Å². The first-order chi connectivity index (χ1) is 11.7. The van der Waals surface area contributed by atoms with E-state index in [1.165, 1.54) is 24.5 Å². The summed E-state index contributed by atoms with van der Waals surface area (Å²) >= 11 is 0. The normalized spacial score (nSPS) is 21.0. The number of carbonyl (C=O) groups is 1. The molecular weight excluding hydrogens is 302 g/mol. The third-order valence-corrected chi connectivity index (χ3v) is 5.01. The molecule has 4 rings (SSSR count). The van der Waals surface area contributed by atoms with Gasteiger partial charge in [0.15, 0.2) is 0 Å². The zero-order valence-corrected chi connectivity index (χ0v) is 13.8. The number of H-pyrrole nitrogens is 1. The molecule has 2 aliphatic rings. The van der Waals surface area contributed by atoms with Gasteiger partial charge >= 0.3 is 0 Å². The van der Waals surface area contributed by atoms with Crippen LogP contribution in [-0.2, 0) is 11.2 Å². The molecule has 2 aromatic heterocycles. The molecule has 6 heteroatoms. The Morgan fingerprint density at radius 1 is 1.42 bits per heavy atom. The van der Waals surface area contributed by atoms with Crippen LogP contribution < -0.4 is 5.32 Å². The van der Waals surface area contributed by atoms with Crippen LogP contribution in [0.15, 0.2) is 25.2 Å². The number of hydrogen-bond acceptors (Lipinski definition) is 4. The number of amides is 1. The second-order valence-electron chi connectivity index (χ2n) is 6.88. The van der Waals surface area contributed by atoms with Gasteiger partial charge in [-0.15, -0.1) is 0 Å². The molecular formula is C18H23N5O. The average Bonchev–Trinajstić information content (AvgIpc) is 3.33. The van der Waals surface area contributed by atoms with Crippen molar-refractivity contribution in [2.75, 3.05) is 18.4 Å². The first kappa shape index (κ1) is 15.2. The Balaban J connectivity index is 1.56. The van der Waals surface area contributed by atoms with Gasteiger partial charge in [-0.25, -0.2) is 9.97 Å². The van der Waals surface area contributed by atoms with Crippen LogP contribution in [0.5, 0.6) is 0 Å². The lowest BCUT2D eigenvalue weighted by Gasteiger charge is -2.32. The number of rotatable bonds is 5. The SMILES string of the molecule is C=CC(=O)N1CCC[C@@H](Nc2ncnc3[nH]cc(CC4CC4)c23)C1. The highest BCUT2D eigenvalue weighted by molar-refractivity contribution is 5.90. The maximum atomic E-state index is 11.9. The van der Waals surface area contributed by atoms with Gasteiger partial charge in [0, 0.05) is 25.3 Å². The Bertz CT molecular complexity index is 764. The minimum Gasteiger partial charge on any atom is -0.365 e. The smallest absolute Gasteiger partial charge is 0.246 e. The second kappa shape index (κ2) is 6.26. The van der Waals surface area contributed by atoms with Gasteiger partial charge in [0.1, 0.15) is 17.8 Å². The van der Waals surface area contributed by atoms with Crippen molar-refractivity contribution in [3.8, 4) is 0 Å². The Hall–Kier alpha value is -2.37. The lowest BCUT2D eigenvalue weighted by molar-refractivity contribution is -0.127. The molecule has 1 atom stereocenters. The first-order valence-corrected chi connectivity index (χ1v) is 8.73. The molecule has 3 heterocycles. The summed E-state index contributed by atoms with van der Waals surface area (Å²) in [6.07, 6.45) is 10.8. The summed E-state index contributed by atoms with van der Waals surface area (Å²) in [5.41, 5.74) is 2.18. The van der Waals surface area contributed by atoms with Crippen LogP contribution in [-0.4, -0.2) is 44.9 Å². The van der Waals surface area contributed by atoms with E-state index in [0.29, 0.717) is 6.54 Å². The Kier molecular flexibility index (Phi) is 3.96. The highest BCUT2D eigenvalue weighted by Gasteiger charge is 2.26. The van der Waals surface area contributed by atoms with E-state index in [0.717, 1.165) is 48.6 Å². The highest BCUT2D eigenvalue weighted by Crippen LogP contribution is 2.36. The number of aromatic nitrogens is 3. The minimum absolute atomic E-state index is 0.00500. The molecule has 1 aliphatic carbocycles. The fraction of sp³-hybridized carbons (Fsp3) is 0.500. The summed E-state index contributed by atoms with van der Waals surface area (Å²) in [5, 5.41) is 4.66. The van der Waals surface area contributed by atoms with E-state index in [1.807, 2.05) is 4.90 Å². The summed E-state index contributed by atoms with van der Waals surface area (Å²) in [6, 6.07) is 0.212. The predicted molar refractivity (Wildman–Crippen MR) is 93.7 cm³/mol. The molecule has 0 radical (unpaired) electrons. The van der Waals surface area contributed by atoms with Crippen LogP contribution in [0.25, 0.3) is 11.0 Å². The van der Waals surface area contributed by atoms with Crippen LogP contribution in [0, 0.1) is 5.92 Å².